The van der Waals surface area contributed by atoms with Gasteiger partial charge in [0.1, 0.15) is 0 Å². The second-order valence-corrected chi connectivity index (χ2v) is 14.5. The van der Waals surface area contributed by atoms with E-state index < -0.39 is 0 Å². The molecule has 2 nitrogen and oxygen atoms in total. The second-order valence-electron chi connectivity index (χ2n) is 14.5. The Labute approximate surface area is 210 Å². The maximum absolute atomic E-state index is 4.69. The first-order chi connectivity index (χ1) is 15.9. The van der Waals surface area contributed by atoms with Gasteiger partial charge in [0.2, 0.25) is 0 Å². The molecular weight excluding hydrogens is 412 g/mol. The van der Waals surface area contributed by atoms with Gasteiger partial charge in [-0.2, -0.15) is 0 Å². The molecule has 0 aromatic heterocycles. The van der Waals surface area contributed by atoms with Gasteiger partial charge in [-0.15, -0.1) is 0 Å². The van der Waals surface area contributed by atoms with E-state index in [9.17, 15) is 0 Å². The molecular formula is C32H52N2. The molecule has 1 N–H and O–H groups in total. The van der Waals surface area contributed by atoms with Crippen LogP contribution in [0.1, 0.15) is 86.0 Å². The van der Waals surface area contributed by atoms with Gasteiger partial charge in [-0.3, -0.25) is 0 Å². The van der Waals surface area contributed by atoms with Crippen LogP contribution in [0.25, 0.3) is 0 Å². The third-order valence-electron chi connectivity index (χ3n) is 12.4. The predicted octanol–water partition coefficient (Wildman–Crippen LogP) is 7.65. The van der Waals surface area contributed by atoms with Gasteiger partial charge >= 0.3 is 0 Å². The van der Waals surface area contributed by atoms with Gasteiger partial charge in [-0.05, 0) is 117 Å². The van der Waals surface area contributed by atoms with Crippen LogP contribution in [0.2, 0.25) is 0 Å². The molecule has 0 amide bonds. The van der Waals surface area contributed by atoms with E-state index >= 15 is 0 Å². The Balaban J connectivity index is 1.40. The SMILES string of the molecule is C=C(C[C@@H]1CC(C)(C)C(C)[C@H](C)C23CCC(=C)C4(CC(C)C1C42)C3)NC(=C)C1CCCN(C)C1. The lowest BCUT2D eigenvalue weighted by molar-refractivity contribution is -0.204. The molecule has 1 aliphatic heterocycles. The highest BCUT2D eigenvalue weighted by Crippen LogP contribution is 2.82. The summed E-state index contributed by atoms with van der Waals surface area (Å²) in [5, 5.41) is 3.74. The van der Waals surface area contributed by atoms with Crippen molar-refractivity contribution in [2.24, 2.45) is 57.7 Å². The standard InChI is InChI=1S/C32H52N2/c1-20-16-32-19-31(13-12-21(32)2)24(5)23(4)30(7,8)17-27(28(20)29(31)32)15-22(3)33-25(6)26-11-10-14-34(9)18-26/h20,23-24,26-29,33H,2-3,6,10-19H2,1,4-5,7-9H3/t20?,23?,24-,26?,27+,28?,29?,31?,32?/m0/s1. The van der Waals surface area contributed by atoms with Crippen LogP contribution in [0.3, 0.4) is 0 Å². The van der Waals surface area contributed by atoms with Gasteiger partial charge in [0.15, 0.2) is 0 Å². The number of hydrogen-bond acceptors (Lipinski definition) is 2. The lowest BCUT2D eigenvalue weighted by Crippen LogP contribution is -2.65. The molecule has 190 valence electrons. The Morgan fingerprint density at radius 3 is 2.56 bits per heavy atom. The largest absolute Gasteiger partial charge is 0.363 e. The van der Waals surface area contributed by atoms with Crippen LogP contribution >= 0.6 is 0 Å². The van der Waals surface area contributed by atoms with Crippen molar-refractivity contribution in [3.63, 3.8) is 0 Å². The zero-order chi connectivity index (χ0) is 24.6. The monoisotopic (exact) mass is 464 g/mol. The molecule has 2 bridgehead atoms. The molecule has 2 heteroatoms. The van der Waals surface area contributed by atoms with E-state index in [1.54, 1.807) is 5.57 Å². The maximum atomic E-state index is 4.69. The minimum Gasteiger partial charge on any atom is -0.363 e. The Morgan fingerprint density at radius 2 is 1.85 bits per heavy atom. The number of nitrogens with zero attached hydrogens (tertiary/aromatic N) is 1. The van der Waals surface area contributed by atoms with E-state index in [2.05, 4.69) is 71.6 Å². The van der Waals surface area contributed by atoms with E-state index in [1.807, 2.05) is 0 Å². The number of hydrogen-bond donors (Lipinski definition) is 1. The van der Waals surface area contributed by atoms with E-state index in [0.29, 0.717) is 28.1 Å². The molecule has 4 saturated carbocycles. The van der Waals surface area contributed by atoms with Crippen LogP contribution in [0.4, 0.5) is 0 Å². The van der Waals surface area contributed by atoms with Crippen molar-refractivity contribution >= 4 is 0 Å². The van der Waals surface area contributed by atoms with Crippen molar-refractivity contribution < 1.29 is 0 Å². The van der Waals surface area contributed by atoms with Crippen molar-refractivity contribution in [1.82, 2.24) is 10.2 Å². The topological polar surface area (TPSA) is 15.3 Å². The fourth-order valence-electron chi connectivity index (χ4n) is 10.5. The summed E-state index contributed by atoms with van der Waals surface area (Å²) in [6, 6.07) is 0. The van der Waals surface area contributed by atoms with Crippen LogP contribution in [0.5, 0.6) is 0 Å². The van der Waals surface area contributed by atoms with Gasteiger partial charge in [0.05, 0.1) is 0 Å². The Morgan fingerprint density at radius 1 is 1.12 bits per heavy atom. The van der Waals surface area contributed by atoms with Crippen molar-refractivity contribution in [2.45, 2.75) is 86.0 Å². The first-order valence-electron chi connectivity index (χ1n) is 14.4. The van der Waals surface area contributed by atoms with Gasteiger partial charge < -0.3 is 10.2 Å². The summed E-state index contributed by atoms with van der Waals surface area (Å²) in [6.45, 7) is 29.0. The summed E-state index contributed by atoms with van der Waals surface area (Å²) in [6.07, 6.45) is 10.5. The van der Waals surface area contributed by atoms with E-state index in [4.69, 9.17) is 0 Å². The molecule has 0 radical (unpaired) electrons. The quantitative estimate of drug-likeness (QED) is 0.420. The van der Waals surface area contributed by atoms with Gasteiger partial charge in [0, 0.05) is 23.9 Å². The summed E-state index contributed by atoms with van der Waals surface area (Å²) in [4.78, 5) is 2.45. The molecule has 0 spiro atoms. The molecule has 1 saturated heterocycles. The maximum Gasteiger partial charge on any atom is 0.0120 e. The minimum absolute atomic E-state index is 0.363. The molecule has 5 aliphatic rings. The average molecular weight is 465 g/mol. The summed E-state index contributed by atoms with van der Waals surface area (Å²) < 4.78 is 0. The van der Waals surface area contributed by atoms with Gasteiger partial charge in [-0.1, -0.05) is 59.9 Å². The van der Waals surface area contributed by atoms with Crippen LogP contribution in [-0.2, 0) is 0 Å². The molecule has 0 aromatic carbocycles. The Kier molecular flexibility index (Phi) is 5.99. The molecule has 4 aliphatic carbocycles. The number of rotatable bonds is 5. The van der Waals surface area contributed by atoms with Crippen LogP contribution in [-0.4, -0.2) is 25.0 Å². The fourth-order valence-corrected chi connectivity index (χ4v) is 10.5. The van der Waals surface area contributed by atoms with Crippen molar-refractivity contribution in [3.05, 3.63) is 36.7 Å². The van der Waals surface area contributed by atoms with Crippen molar-refractivity contribution in [1.29, 1.82) is 0 Å². The van der Waals surface area contributed by atoms with E-state index in [0.717, 1.165) is 42.6 Å². The fraction of sp³-hybridized carbons (Fsp3) is 0.812. The summed E-state index contributed by atoms with van der Waals surface area (Å²) in [7, 11) is 2.24. The first kappa shape index (κ1) is 24.7. The summed E-state index contributed by atoms with van der Waals surface area (Å²) in [5.74, 6) is 5.30. The molecule has 5 rings (SSSR count). The Hall–Kier alpha value is -1.02. The number of likely N-dealkylation sites (tertiary alicyclic amines) is 1. The van der Waals surface area contributed by atoms with Crippen molar-refractivity contribution in [2.75, 3.05) is 20.1 Å². The number of allylic oxidation sites excluding steroid dienone is 2. The van der Waals surface area contributed by atoms with Crippen LogP contribution in [0.15, 0.2) is 36.7 Å². The third kappa shape index (κ3) is 3.52. The first-order valence-corrected chi connectivity index (χ1v) is 14.4. The highest BCUT2D eigenvalue weighted by atomic mass is 15.1. The third-order valence-corrected chi connectivity index (χ3v) is 12.4. The number of nitrogens with one attached hydrogen (secondary N) is 1. The van der Waals surface area contributed by atoms with Crippen molar-refractivity contribution in [3.8, 4) is 0 Å². The summed E-state index contributed by atoms with van der Waals surface area (Å²) in [5.41, 5.74) is 5.40. The highest BCUT2D eigenvalue weighted by Gasteiger charge is 2.75. The zero-order valence-corrected chi connectivity index (χ0v) is 23.2. The normalized spacial score (nSPS) is 47.7. The van der Waals surface area contributed by atoms with Gasteiger partial charge in [-0.25, -0.2) is 0 Å². The average Bonchev–Trinajstić information content (AvgIpc) is 3.00. The second kappa shape index (κ2) is 8.25. The van der Waals surface area contributed by atoms with Gasteiger partial charge in [0.25, 0.3) is 0 Å². The predicted molar refractivity (Wildman–Crippen MR) is 145 cm³/mol. The van der Waals surface area contributed by atoms with Crippen LogP contribution < -0.4 is 5.32 Å². The molecule has 5 fully saturated rings. The molecule has 9 atom stereocenters. The highest BCUT2D eigenvalue weighted by molar-refractivity contribution is 5.34. The minimum atomic E-state index is 0.363. The zero-order valence-electron chi connectivity index (χ0n) is 23.2. The molecule has 7 unspecified atom stereocenters. The molecule has 1 heterocycles. The number of piperidine rings is 1. The van der Waals surface area contributed by atoms with Crippen LogP contribution in [0, 0.1) is 57.7 Å². The Bertz CT molecular complexity index is 868. The lowest BCUT2D eigenvalue weighted by atomic mass is 9.32. The molecule has 0 aromatic rings. The smallest absolute Gasteiger partial charge is 0.0120 e. The van der Waals surface area contributed by atoms with E-state index in [1.165, 1.54) is 62.9 Å². The lowest BCUT2D eigenvalue weighted by Gasteiger charge is -2.72. The molecule has 34 heavy (non-hydrogen) atoms. The summed E-state index contributed by atoms with van der Waals surface area (Å²) >= 11 is 0. The van der Waals surface area contributed by atoms with E-state index in [-0.39, 0.29) is 0 Å².